The Morgan fingerprint density at radius 3 is 2.36 bits per heavy atom. The Morgan fingerprint density at radius 2 is 1.86 bits per heavy atom. The number of nitrogens with one attached hydrogen (secondary N) is 1. The lowest BCUT2D eigenvalue weighted by atomic mass is 9.84. The second-order valence-corrected chi connectivity index (χ2v) is 4.71. The highest BCUT2D eigenvalue weighted by Gasteiger charge is 2.32. The molecular formula is C12H25NO. The van der Waals surface area contributed by atoms with Gasteiger partial charge in [0.25, 0.3) is 0 Å². The maximum atomic E-state index is 5.96. The number of hydrogen-bond acceptors (Lipinski definition) is 2. The van der Waals surface area contributed by atoms with E-state index in [1.54, 1.807) is 0 Å². The summed E-state index contributed by atoms with van der Waals surface area (Å²) in [5.74, 6) is 0. The zero-order valence-electron chi connectivity index (χ0n) is 9.94. The molecule has 1 saturated carbocycles. The number of rotatable bonds is 5. The van der Waals surface area contributed by atoms with Crippen molar-refractivity contribution in [2.45, 2.75) is 64.5 Å². The first-order chi connectivity index (χ1) is 6.68. The van der Waals surface area contributed by atoms with Gasteiger partial charge in [0.1, 0.15) is 0 Å². The first-order valence-corrected chi connectivity index (χ1v) is 6.06. The van der Waals surface area contributed by atoms with E-state index in [4.69, 9.17) is 4.74 Å². The molecule has 0 aromatic heterocycles. The van der Waals surface area contributed by atoms with Gasteiger partial charge in [-0.3, -0.25) is 0 Å². The maximum absolute atomic E-state index is 5.96. The predicted octanol–water partition coefficient (Wildman–Crippen LogP) is 2.72. The van der Waals surface area contributed by atoms with Crippen LogP contribution in [-0.2, 0) is 4.74 Å². The van der Waals surface area contributed by atoms with Crippen LogP contribution in [0.25, 0.3) is 0 Å². The van der Waals surface area contributed by atoms with Crippen LogP contribution in [-0.4, -0.2) is 24.8 Å². The third kappa shape index (κ3) is 3.58. The van der Waals surface area contributed by atoms with E-state index in [2.05, 4.69) is 26.1 Å². The molecule has 84 valence electrons. The molecule has 0 atom stereocenters. The third-order valence-electron chi connectivity index (χ3n) is 3.05. The van der Waals surface area contributed by atoms with Gasteiger partial charge in [-0.05, 0) is 19.8 Å². The van der Waals surface area contributed by atoms with E-state index >= 15 is 0 Å². The zero-order valence-corrected chi connectivity index (χ0v) is 9.94. The van der Waals surface area contributed by atoms with Crippen molar-refractivity contribution in [3.8, 4) is 0 Å². The van der Waals surface area contributed by atoms with Gasteiger partial charge in [-0.2, -0.15) is 0 Å². The SMILES string of the molecule is CCOC1(CNC(C)C)CCCCC1. The van der Waals surface area contributed by atoms with Crippen molar-refractivity contribution in [3.63, 3.8) is 0 Å². The fourth-order valence-electron chi connectivity index (χ4n) is 2.26. The van der Waals surface area contributed by atoms with Crippen molar-refractivity contribution >= 4 is 0 Å². The number of hydrogen-bond donors (Lipinski definition) is 1. The van der Waals surface area contributed by atoms with Gasteiger partial charge in [0.15, 0.2) is 0 Å². The van der Waals surface area contributed by atoms with Crippen molar-refractivity contribution in [2.75, 3.05) is 13.2 Å². The predicted molar refractivity (Wildman–Crippen MR) is 60.6 cm³/mol. The first-order valence-electron chi connectivity index (χ1n) is 6.06. The van der Waals surface area contributed by atoms with E-state index in [-0.39, 0.29) is 5.60 Å². The van der Waals surface area contributed by atoms with E-state index in [0.717, 1.165) is 13.2 Å². The van der Waals surface area contributed by atoms with Crippen LogP contribution in [0.4, 0.5) is 0 Å². The number of ether oxygens (including phenoxy) is 1. The van der Waals surface area contributed by atoms with Crippen LogP contribution in [0.2, 0.25) is 0 Å². The van der Waals surface area contributed by atoms with Gasteiger partial charge >= 0.3 is 0 Å². The fraction of sp³-hybridized carbons (Fsp3) is 1.00. The summed E-state index contributed by atoms with van der Waals surface area (Å²) in [5, 5.41) is 3.52. The van der Waals surface area contributed by atoms with E-state index in [1.807, 2.05) is 0 Å². The van der Waals surface area contributed by atoms with E-state index in [9.17, 15) is 0 Å². The van der Waals surface area contributed by atoms with Crippen molar-refractivity contribution < 1.29 is 4.74 Å². The van der Waals surface area contributed by atoms with Crippen LogP contribution in [0, 0.1) is 0 Å². The molecule has 1 fully saturated rings. The van der Waals surface area contributed by atoms with E-state index in [0.29, 0.717) is 6.04 Å². The quantitative estimate of drug-likeness (QED) is 0.735. The van der Waals surface area contributed by atoms with Gasteiger partial charge < -0.3 is 10.1 Å². The Hall–Kier alpha value is -0.0800. The molecular weight excluding hydrogens is 174 g/mol. The summed E-state index contributed by atoms with van der Waals surface area (Å²) in [6.45, 7) is 8.37. The maximum Gasteiger partial charge on any atom is 0.0806 e. The summed E-state index contributed by atoms with van der Waals surface area (Å²) in [4.78, 5) is 0. The molecule has 0 radical (unpaired) electrons. The van der Waals surface area contributed by atoms with Gasteiger partial charge in [0.05, 0.1) is 5.60 Å². The van der Waals surface area contributed by atoms with Crippen LogP contribution in [0.5, 0.6) is 0 Å². The van der Waals surface area contributed by atoms with Gasteiger partial charge in [0, 0.05) is 19.2 Å². The van der Waals surface area contributed by atoms with Crippen LogP contribution in [0.1, 0.15) is 52.9 Å². The second kappa shape index (κ2) is 5.72. The Kier molecular flexibility index (Phi) is 4.90. The smallest absolute Gasteiger partial charge is 0.0806 e. The monoisotopic (exact) mass is 199 g/mol. The topological polar surface area (TPSA) is 21.3 Å². The minimum Gasteiger partial charge on any atom is -0.374 e. The normalized spacial score (nSPS) is 21.4. The molecule has 2 nitrogen and oxygen atoms in total. The zero-order chi connectivity index (χ0) is 10.4. The molecule has 0 saturated heterocycles. The Morgan fingerprint density at radius 1 is 1.21 bits per heavy atom. The molecule has 0 aliphatic heterocycles. The van der Waals surface area contributed by atoms with Crippen molar-refractivity contribution in [1.82, 2.24) is 5.32 Å². The van der Waals surface area contributed by atoms with Crippen molar-refractivity contribution in [1.29, 1.82) is 0 Å². The van der Waals surface area contributed by atoms with Crippen molar-refractivity contribution in [2.24, 2.45) is 0 Å². The molecule has 1 aliphatic carbocycles. The van der Waals surface area contributed by atoms with E-state index in [1.165, 1.54) is 32.1 Å². The highest BCUT2D eigenvalue weighted by atomic mass is 16.5. The molecule has 0 bridgehead atoms. The standard InChI is InChI=1S/C12H25NO/c1-4-14-12(10-13-11(2)3)8-6-5-7-9-12/h11,13H,4-10H2,1-3H3. The highest BCUT2D eigenvalue weighted by molar-refractivity contribution is 4.87. The molecule has 0 heterocycles. The van der Waals surface area contributed by atoms with Crippen LogP contribution in [0.15, 0.2) is 0 Å². The second-order valence-electron chi connectivity index (χ2n) is 4.71. The molecule has 0 aromatic rings. The summed E-state index contributed by atoms with van der Waals surface area (Å²) in [6.07, 6.45) is 6.52. The van der Waals surface area contributed by atoms with Gasteiger partial charge in [0.2, 0.25) is 0 Å². The first kappa shape index (κ1) is 12.0. The molecule has 2 heteroatoms. The largest absolute Gasteiger partial charge is 0.374 e. The lowest BCUT2D eigenvalue weighted by Gasteiger charge is -2.37. The fourth-order valence-corrected chi connectivity index (χ4v) is 2.26. The molecule has 0 amide bonds. The van der Waals surface area contributed by atoms with Gasteiger partial charge in [-0.15, -0.1) is 0 Å². The Labute approximate surface area is 88.4 Å². The summed E-state index contributed by atoms with van der Waals surface area (Å²) < 4.78 is 5.96. The molecule has 1 N–H and O–H groups in total. The minimum atomic E-state index is 0.150. The van der Waals surface area contributed by atoms with Crippen LogP contribution in [0.3, 0.4) is 0 Å². The lowest BCUT2D eigenvalue weighted by molar-refractivity contribution is -0.0637. The van der Waals surface area contributed by atoms with Gasteiger partial charge in [-0.25, -0.2) is 0 Å². The lowest BCUT2D eigenvalue weighted by Crippen LogP contribution is -2.46. The van der Waals surface area contributed by atoms with Gasteiger partial charge in [-0.1, -0.05) is 33.1 Å². The molecule has 0 aromatic carbocycles. The third-order valence-corrected chi connectivity index (χ3v) is 3.05. The molecule has 0 unspecified atom stereocenters. The van der Waals surface area contributed by atoms with E-state index < -0.39 is 0 Å². The molecule has 14 heavy (non-hydrogen) atoms. The van der Waals surface area contributed by atoms with Crippen molar-refractivity contribution in [3.05, 3.63) is 0 Å². The Balaban J connectivity index is 2.42. The molecule has 1 aliphatic rings. The molecule has 0 spiro atoms. The average molecular weight is 199 g/mol. The summed E-state index contributed by atoms with van der Waals surface area (Å²) in [6, 6.07) is 0.564. The summed E-state index contributed by atoms with van der Waals surface area (Å²) >= 11 is 0. The summed E-state index contributed by atoms with van der Waals surface area (Å²) in [7, 11) is 0. The molecule has 1 rings (SSSR count). The average Bonchev–Trinajstić information content (AvgIpc) is 2.17. The summed E-state index contributed by atoms with van der Waals surface area (Å²) in [5.41, 5.74) is 0.150. The minimum absolute atomic E-state index is 0.150. The highest BCUT2D eigenvalue weighted by Crippen LogP contribution is 2.31. The van der Waals surface area contributed by atoms with Crippen LogP contribution >= 0.6 is 0 Å². The van der Waals surface area contributed by atoms with Crippen LogP contribution < -0.4 is 5.32 Å². The Bertz CT molecular complexity index is 145.